The van der Waals surface area contributed by atoms with Crippen LogP contribution in [0.1, 0.15) is 11.1 Å². The Kier molecular flexibility index (Phi) is 8.65. The zero-order valence-electron chi connectivity index (χ0n) is 21.9. The van der Waals surface area contributed by atoms with Crippen LogP contribution in [0.3, 0.4) is 0 Å². The molecule has 5 rings (SSSR count). The Morgan fingerprint density at radius 2 is 1.68 bits per heavy atom. The highest BCUT2D eigenvalue weighted by Gasteiger charge is 2.35. The maximum atomic E-state index is 14.7. The molecule has 1 aliphatic heterocycles. The summed E-state index contributed by atoms with van der Waals surface area (Å²) in [5.41, 5.74) is 1.58. The first-order chi connectivity index (χ1) is 19.2. The second-order valence-electron chi connectivity index (χ2n) is 10.1. The Bertz CT molecular complexity index is 1420. The third-order valence-corrected chi connectivity index (χ3v) is 7.70. The summed E-state index contributed by atoms with van der Waals surface area (Å²) < 4.78 is 30.6. The van der Waals surface area contributed by atoms with Gasteiger partial charge in [-0.25, -0.2) is 13.5 Å². The van der Waals surface area contributed by atoms with E-state index in [0.717, 1.165) is 59.7 Å². The number of halogens is 4. The van der Waals surface area contributed by atoms with Crippen LogP contribution in [-0.2, 0) is 18.7 Å². The average Bonchev–Trinajstić information content (AvgIpc) is 3.41. The van der Waals surface area contributed by atoms with E-state index in [2.05, 4.69) is 71.6 Å². The Balaban J connectivity index is 1.22. The monoisotopic (exact) mass is 631 g/mol. The van der Waals surface area contributed by atoms with Gasteiger partial charge in [-0.3, -0.25) is 4.90 Å². The average molecular weight is 633 g/mol. The van der Waals surface area contributed by atoms with Crippen molar-refractivity contribution in [3.05, 3.63) is 99.2 Å². The Labute approximate surface area is 244 Å². The molecule has 0 amide bonds. The van der Waals surface area contributed by atoms with Gasteiger partial charge in [0.1, 0.15) is 23.6 Å². The van der Waals surface area contributed by atoms with Crippen LogP contribution in [0.5, 0.6) is 0 Å². The van der Waals surface area contributed by atoms with E-state index in [-0.39, 0.29) is 18.7 Å². The molecule has 0 saturated carbocycles. The number of nitrogens with zero attached hydrogens (tertiary/aromatic N) is 7. The first kappa shape index (κ1) is 28.4. The van der Waals surface area contributed by atoms with Crippen LogP contribution >= 0.6 is 27.5 Å². The van der Waals surface area contributed by atoms with E-state index in [4.69, 9.17) is 11.6 Å². The summed E-state index contributed by atoms with van der Waals surface area (Å²) in [4.78, 5) is 6.58. The quantitative estimate of drug-likeness (QED) is 0.287. The number of benzene rings is 3. The van der Waals surface area contributed by atoms with E-state index in [1.165, 1.54) is 17.1 Å². The second-order valence-corrected chi connectivity index (χ2v) is 11.5. The van der Waals surface area contributed by atoms with E-state index < -0.39 is 17.2 Å². The fraction of sp³-hybridized carbons (Fsp3) is 0.321. The van der Waals surface area contributed by atoms with Crippen molar-refractivity contribution < 1.29 is 13.9 Å². The van der Waals surface area contributed by atoms with Gasteiger partial charge in [-0.1, -0.05) is 45.7 Å². The Morgan fingerprint density at radius 3 is 2.30 bits per heavy atom. The van der Waals surface area contributed by atoms with Gasteiger partial charge in [0.25, 0.3) is 0 Å². The highest BCUT2D eigenvalue weighted by atomic mass is 79.9. The van der Waals surface area contributed by atoms with Crippen molar-refractivity contribution >= 4 is 38.9 Å². The molecular weight excluding hydrogens is 604 g/mol. The van der Waals surface area contributed by atoms with Gasteiger partial charge in [0.05, 0.1) is 6.54 Å². The van der Waals surface area contributed by atoms with Crippen molar-refractivity contribution in [2.75, 3.05) is 49.6 Å². The molecule has 0 aliphatic carbocycles. The number of hydrogen-bond donors (Lipinski definition) is 1. The van der Waals surface area contributed by atoms with Gasteiger partial charge < -0.3 is 14.9 Å². The molecule has 210 valence electrons. The number of aliphatic hydroxyl groups is 1. The van der Waals surface area contributed by atoms with Crippen molar-refractivity contribution in [1.29, 1.82) is 0 Å². The third-order valence-electron chi connectivity index (χ3n) is 7.03. The number of hydrogen-bond acceptors (Lipinski definition) is 7. The topological polar surface area (TPSA) is 73.6 Å². The lowest BCUT2D eigenvalue weighted by Crippen LogP contribution is -2.46. The molecule has 1 unspecified atom stereocenters. The molecule has 0 radical (unpaired) electrons. The molecule has 4 aromatic rings. The summed E-state index contributed by atoms with van der Waals surface area (Å²) in [6, 6.07) is 17.4. The first-order valence-electron chi connectivity index (χ1n) is 12.8. The molecule has 3 aromatic carbocycles. The zero-order valence-corrected chi connectivity index (χ0v) is 24.2. The fourth-order valence-corrected chi connectivity index (χ4v) is 6.02. The molecule has 40 heavy (non-hydrogen) atoms. The molecule has 1 N–H and O–H groups in total. The maximum Gasteiger partial charge on any atom is 0.138 e. The number of aromatic nitrogens is 4. The largest absolute Gasteiger partial charge is 0.382 e. The molecule has 8 nitrogen and oxygen atoms in total. The summed E-state index contributed by atoms with van der Waals surface area (Å²) in [5, 5.41) is 23.3. The Hall–Kier alpha value is -3.12. The molecule has 1 atom stereocenters. The Morgan fingerprint density at radius 1 is 0.975 bits per heavy atom. The molecule has 1 aromatic heterocycles. The van der Waals surface area contributed by atoms with Crippen LogP contribution in [0.2, 0.25) is 5.02 Å². The molecule has 0 spiro atoms. The number of piperazine rings is 1. The predicted octanol–water partition coefficient (Wildman–Crippen LogP) is 4.71. The summed E-state index contributed by atoms with van der Waals surface area (Å²) in [7, 11) is 1.84. The fourth-order valence-electron chi connectivity index (χ4n) is 5.18. The van der Waals surface area contributed by atoms with Crippen LogP contribution < -0.4 is 9.80 Å². The maximum absolute atomic E-state index is 14.7. The third kappa shape index (κ3) is 6.77. The summed E-state index contributed by atoms with van der Waals surface area (Å²) in [6.45, 7) is 4.03. The lowest BCUT2D eigenvalue weighted by atomic mass is 9.92. The minimum absolute atomic E-state index is 0.0177. The molecular formula is C28H29BrClF2N7O. The lowest BCUT2D eigenvalue weighted by Gasteiger charge is -2.37. The van der Waals surface area contributed by atoms with E-state index in [0.29, 0.717) is 11.6 Å². The summed E-state index contributed by atoms with van der Waals surface area (Å²) in [6.07, 6.45) is 1.35. The number of rotatable bonds is 9. The van der Waals surface area contributed by atoms with Crippen LogP contribution in [0.4, 0.5) is 20.2 Å². The number of anilines is 2. The smallest absolute Gasteiger partial charge is 0.138 e. The molecule has 1 fully saturated rings. The van der Waals surface area contributed by atoms with Crippen molar-refractivity contribution in [2.24, 2.45) is 0 Å². The van der Waals surface area contributed by atoms with E-state index in [1.54, 1.807) is 0 Å². The zero-order chi connectivity index (χ0) is 28.3. The van der Waals surface area contributed by atoms with E-state index >= 15 is 0 Å². The van der Waals surface area contributed by atoms with Crippen LogP contribution in [0, 0.1) is 11.6 Å². The molecule has 2 heterocycles. The highest BCUT2D eigenvalue weighted by molar-refractivity contribution is 9.10. The van der Waals surface area contributed by atoms with Gasteiger partial charge in [-0.05, 0) is 59.4 Å². The van der Waals surface area contributed by atoms with Crippen LogP contribution in [-0.4, -0.2) is 70.0 Å². The van der Waals surface area contributed by atoms with Crippen molar-refractivity contribution in [3.63, 3.8) is 0 Å². The summed E-state index contributed by atoms with van der Waals surface area (Å²) in [5.74, 6) is -1.53. The number of tetrazole rings is 1. The van der Waals surface area contributed by atoms with Crippen LogP contribution in [0.15, 0.2) is 71.5 Å². The van der Waals surface area contributed by atoms with Gasteiger partial charge in [0, 0.05) is 71.8 Å². The van der Waals surface area contributed by atoms with Crippen molar-refractivity contribution in [1.82, 2.24) is 25.1 Å². The predicted molar refractivity (Wildman–Crippen MR) is 154 cm³/mol. The lowest BCUT2D eigenvalue weighted by molar-refractivity contribution is -0.0178. The van der Waals surface area contributed by atoms with Gasteiger partial charge >= 0.3 is 0 Å². The van der Waals surface area contributed by atoms with Gasteiger partial charge in [-0.2, -0.15) is 0 Å². The van der Waals surface area contributed by atoms with E-state index in [9.17, 15) is 13.9 Å². The van der Waals surface area contributed by atoms with Crippen molar-refractivity contribution in [2.45, 2.75) is 18.7 Å². The summed E-state index contributed by atoms with van der Waals surface area (Å²) >= 11 is 9.75. The normalized spacial score (nSPS) is 15.5. The molecule has 0 bridgehead atoms. The minimum atomic E-state index is -1.69. The molecule has 12 heteroatoms. The standard InChI is InChI=1S/C28H29BrClF2N7O/c1-36(17-28(40,18-39-19-33-34-35-39)26-7-4-23(31)15-27(26)32)16-20-2-5-24(6-3-20)37-8-10-38(11-9-37)25-13-21(29)12-22(30)14-25/h2-7,12-15,19,40H,8-11,16-18H2,1H3. The van der Waals surface area contributed by atoms with Gasteiger partial charge in [0.2, 0.25) is 0 Å². The second kappa shape index (κ2) is 12.2. The molecule has 1 aliphatic rings. The minimum Gasteiger partial charge on any atom is -0.382 e. The molecule has 1 saturated heterocycles. The van der Waals surface area contributed by atoms with Crippen molar-refractivity contribution in [3.8, 4) is 0 Å². The first-order valence-corrected chi connectivity index (χ1v) is 14.0. The number of likely N-dealkylation sites (N-methyl/N-ethyl adjacent to an activating group) is 1. The van der Waals surface area contributed by atoms with E-state index in [1.807, 2.05) is 24.1 Å². The van der Waals surface area contributed by atoms with Crippen LogP contribution in [0.25, 0.3) is 0 Å². The van der Waals surface area contributed by atoms with Gasteiger partial charge in [0.15, 0.2) is 0 Å². The van der Waals surface area contributed by atoms with Gasteiger partial charge in [-0.15, -0.1) is 5.10 Å². The highest BCUT2D eigenvalue weighted by Crippen LogP contribution is 2.29. The SMILES string of the molecule is CN(Cc1ccc(N2CCN(c3cc(Cl)cc(Br)c3)CC2)cc1)CC(O)(Cn1cnnn1)c1ccc(F)cc1F.